The van der Waals surface area contributed by atoms with Crippen molar-refractivity contribution in [1.29, 1.82) is 0 Å². The molecule has 0 aromatic carbocycles. The molecule has 0 aromatic heterocycles. The molecular formula is C36H60O7. The van der Waals surface area contributed by atoms with Crippen LogP contribution >= 0.6 is 0 Å². The first-order valence-corrected chi connectivity index (χ1v) is 17.0. The van der Waals surface area contributed by atoms with Crippen molar-refractivity contribution < 1.29 is 34.1 Å². The molecule has 0 bridgehead atoms. The molecule has 0 amide bonds. The minimum atomic E-state index is -1.03. The van der Waals surface area contributed by atoms with E-state index in [2.05, 4.69) is 20.8 Å². The minimum Gasteiger partial charge on any atom is -0.463 e. The zero-order valence-corrected chi connectivity index (χ0v) is 27.2. The predicted octanol–water partition coefficient (Wildman–Crippen LogP) is 7.59. The molecule has 0 saturated heterocycles. The Morgan fingerprint density at radius 3 is 2.16 bits per heavy atom. The molecule has 0 radical (unpaired) electrons. The molecule has 2 N–H and O–H groups in total. The van der Waals surface area contributed by atoms with Gasteiger partial charge >= 0.3 is 11.9 Å². The van der Waals surface area contributed by atoms with E-state index >= 15 is 0 Å². The van der Waals surface area contributed by atoms with E-state index in [-0.39, 0.29) is 43.2 Å². The first-order valence-electron chi connectivity index (χ1n) is 17.0. The van der Waals surface area contributed by atoms with Gasteiger partial charge in [-0.1, -0.05) is 115 Å². The van der Waals surface area contributed by atoms with E-state index in [1.54, 1.807) is 12.2 Å². The lowest BCUT2D eigenvalue weighted by Crippen LogP contribution is -2.25. The Labute approximate surface area is 261 Å². The number of hydrogen-bond donors (Lipinski definition) is 2. The molecule has 0 aliphatic heterocycles. The van der Waals surface area contributed by atoms with Crippen molar-refractivity contribution in [3.63, 3.8) is 0 Å². The van der Waals surface area contributed by atoms with Gasteiger partial charge in [-0.3, -0.25) is 14.4 Å². The second-order valence-electron chi connectivity index (χ2n) is 12.2. The number of aliphatic hydroxyl groups is 2. The number of carbonyl (C=O) groups is 3. The Balaban J connectivity index is 2.09. The molecule has 246 valence electrons. The summed E-state index contributed by atoms with van der Waals surface area (Å²) in [6.45, 7) is 6.30. The molecule has 1 unspecified atom stereocenters. The third kappa shape index (κ3) is 20.4. The fourth-order valence-corrected chi connectivity index (χ4v) is 5.05. The van der Waals surface area contributed by atoms with Gasteiger partial charge in [0.05, 0.1) is 6.10 Å². The maximum absolute atomic E-state index is 12.2. The van der Waals surface area contributed by atoms with Crippen LogP contribution in [0.15, 0.2) is 36.5 Å². The van der Waals surface area contributed by atoms with Crippen molar-refractivity contribution in [2.24, 2.45) is 17.8 Å². The molecule has 43 heavy (non-hydrogen) atoms. The van der Waals surface area contributed by atoms with Crippen LogP contribution in [0.5, 0.6) is 0 Å². The third-order valence-electron chi connectivity index (χ3n) is 8.17. The van der Waals surface area contributed by atoms with Crippen LogP contribution in [0.4, 0.5) is 0 Å². The maximum Gasteiger partial charge on any atom is 0.305 e. The van der Waals surface area contributed by atoms with E-state index in [1.165, 1.54) is 32.1 Å². The van der Waals surface area contributed by atoms with Crippen molar-refractivity contribution in [1.82, 2.24) is 0 Å². The predicted molar refractivity (Wildman–Crippen MR) is 172 cm³/mol. The van der Waals surface area contributed by atoms with Crippen LogP contribution in [0.3, 0.4) is 0 Å². The highest BCUT2D eigenvalue weighted by atomic mass is 16.6. The van der Waals surface area contributed by atoms with Crippen LogP contribution in [0.25, 0.3) is 0 Å². The first kappa shape index (κ1) is 38.8. The lowest BCUT2D eigenvalue weighted by molar-refractivity contribution is -0.152. The number of carbonyl (C=O) groups excluding carboxylic acids is 3. The van der Waals surface area contributed by atoms with E-state index in [9.17, 15) is 24.6 Å². The highest BCUT2D eigenvalue weighted by Crippen LogP contribution is 2.27. The number of esters is 2. The van der Waals surface area contributed by atoms with Crippen LogP contribution in [-0.2, 0) is 23.9 Å². The largest absolute Gasteiger partial charge is 0.463 e. The summed E-state index contributed by atoms with van der Waals surface area (Å²) in [4.78, 5) is 36.1. The first-order chi connectivity index (χ1) is 20.8. The highest BCUT2D eigenvalue weighted by molar-refractivity contribution is 5.95. The molecule has 1 aliphatic carbocycles. The summed E-state index contributed by atoms with van der Waals surface area (Å²) >= 11 is 0. The van der Waals surface area contributed by atoms with Crippen molar-refractivity contribution in [2.75, 3.05) is 13.2 Å². The monoisotopic (exact) mass is 604 g/mol. The number of unbranched alkanes of at least 4 members (excludes halogenated alkanes) is 8. The Kier molecular flexibility index (Phi) is 22.6. The molecule has 0 aromatic rings. The molecule has 7 nitrogen and oxygen atoms in total. The summed E-state index contributed by atoms with van der Waals surface area (Å²) in [5.74, 6) is 0.0147. The Morgan fingerprint density at radius 2 is 1.49 bits per heavy atom. The Hall–Kier alpha value is -2.25. The van der Waals surface area contributed by atoms with Gasteiger partial charge in [0.2, 0.25) is 0 Å². The SMILES string of the molecule is CCCCC[C@H](O)/C=C/[C@H]1C(=O)C=C[C@@H]1C/C=C\CCCC(=O)OC[C@H](O)COC(=O)CCCCCCCCC(C)CC. The van der Waals surface area contributed by atoms with Crippen molar-refractivity contribution in [2.45, 2.75) is 142 Å². The average Bonchev–Trinajstić information content (AvgIpc) is 3.35. The molecule has 7 heteroatoms. The maximum atomic E-state index is 12.2. The van der Waals surface area contributed by atoms with Crippen LogP contribution in [0.2, 0.25) is 0 Å². The van der Waals surface area contributed by atoms with Crippen LogP contribution in [-0.4, -0.2) is 53.4 Å². The summed E-state index contributed by atoms with van der Waals surface area (Å²) < 4.78 is 10.2. The van der Waals surface area contributed by atoms with Gasteiger partial charge in [-0.2, -0.15) is 0 Å². The molecule has 0 fully saturated rings. The third-order valence-corrected chi connectivity index (χ3v) is 8.17. The second-order valence-corrected chi connectivity index (χ2v) is 12.2. The van der Waals surface area contributed by atoms with Crippen LogP contribution < -0.4 is 0 Å². The number of ketones is 1. The molecule has 0 heterocycles. The molecular weight excluding hydrogens is 544 g/mol. The summed E-state index contributed by atoms with van der Waals surface area (Å²) in [5.41, 5.74) is 0. The summed E-state index contributed by atoms with van der Waals surface area (Å²) in [6.07, 6.45) is 25.4. The van der Waals surface area contributed by atoms with Gasteiger partial charge in [0.15, 0.2) is 5.78 Å². The lowest BCUT2D eigenvalue weighted by Gasteiger charge is -2.13. The van der Waals surface area contributed by atoms with Gasteiger partial charge in [0.1, 0.15) is 19.3 Å². The van der Waals surface area contributed by atoms with Crippen molar-refractivity contribution in [3.8, 4) is 0 Å². The van der Waals surface area contributed by atoms with E-state index in [0.717, 1.165) is 57.3 Å². The van der Waals surface area contributed by atoms with Gasteiger partial charge in [-0.25, -0.2) is 0 Å². The number of aliphatic hydroxyl groups excluding tert-OH is 2. The summed E-state index contributed by atoms with van der Waals surface area (Å²) in [5, 5.41) is 20.1. The van der Waals surface area contributed by atoms with E-state index in [1.807, 2.05) is 24.3 Å². The van der Waals surface area contributed by atoms with Crippen LogP contribution in [0, 0.1) is 17.8 Å². The topological polar surface area (TPSA) is 110 Å². The lowest BCUT2D eigenvalue weighted by atomic mass is 9.90. The fourth-order valence-electron chi connectivity index (χ4n) is 5.05. The number of rotatable bonds is 26. The number of hydrogen-bond acceptors (Lipinski definition) is 7. The quantitative estimate of drug-likeness (QED) is 0.0595. The summed E-state index contributed by atoms with van der Waals surface area (Å²) in [7, 11) is 0. The zero-order chi connectivity index (χ0) is 31.7. The highest BCUT2D eigenvalue weighted by Gasteiger charge is 2.26. The van der Waals surface area contributed by atoms with E-state index in [0.29, 0.717) is 19.3 Å². The molecule has 1 rings (SSSR count). The van der Waals surface area contributed by atoms with Crippen molar-refractivity contribution in [3.05, 3.63) is 36.5 Å². The molecule has 1 aliphatic rings. The van der Waals surface area contributed by atoms with Gasteiger partial charge in [-0.05, 0) is 50.0 Å². The van der Waals surface area contributed by atoms with E-state index < -0.39 is 18.2 Å². The van der Waals surface area contributed by atoms with Gasteiger partial charge in [0, 0.05) is 18.8 Å². The summed E-state index contributed by atoms with van der Waals surface area (Å²) in [6, 6.07) is 0. The minimum absolute atomic E-state index is 0.0728. The average molecular weight is 605 g/mol. The van der Waals surface area contributed by atoms with Gasteiger partial charge < -0.3 is 19.7 Å². The Bertz CT molecular complexity index is 847. The van der Waals surface area contributed by atoms with Crippen molar-refractivity contribution >= 4 is 17.7 Å². The zero-order valence-electron chi connectivity index (χ0n) is 27.2. The van der Waals surface area contributed by atoms with Gasteiger partial charge in [0.25, 0.3) is 0 Å². The second kappa shape index (κ2) is 25.1. The standard InChI is InChI=1S/C36H60O7/c1-4-6-13-20-31(37)24-25-33-30(23-26-34(33)39)19-15-11-12-17-22-36(41)43-28-32(38)27-42-35(40)21-16-10-8-7-9-14-18-29(3)5-2/h11,15,23-26,29-33,37-38H,4-10,12-14,16-22,27-28H2,1-3H3/b15-11-,25-24+/t29?,30-,31-,32+,33+/m0/s1. The van der Waals surface area contributed by atoms with Crippen LogP contribution in [0.1, 0.15) is 130 Å². The normalized spacial score (nSPS) is 18.9. The molecule has 0 saturated carbocycles. The number of ether oxygens (including phenoxy) is 2. The number of allylic oxidation sites excluding steroid dienone is 5. The smallest absolute Gasteiger partial charge is 0.305 e. The molecule has 5 atom stereocenters. The van der Waals surface area contributed by atoms with E-state index in [4.69, 9.17) is 9.47 Å². The molecule has 0 spiro atoms. The van der Waals surface area contributed by atoms with Gasteiger partial charge in [-0.15, -0.1) is 0 Å². The fraction of sp³-hybridized carbons (Fsp3) is 0.750. The Morgan fingerprint density at radius 1 is 0.860 bits per heavy atom.